The topological polar surface area (TPSA) is 33.1 Å². The molecule has 0 aliphatic rings. The van der Waals surface area contributed by atoms with E-state index in [2.05, 4.69) is 11.2 Å². The number of nitrogens with zero attached hydrogens (tertiary/aromatic N) is 1. The maximum absolute atomic E-state index is 8.80. The lowest BCUT2D eigenvalue weighted by molar-refractivity contribution is 0.467. The highest BCUT2D eigenvalue weighted by atomic mass is 16.3. The van der Waals surface area contributed by atoms with Crippen LogP contribution in [0, 0.1) is 13.1 Å². The Hall–Kier alpha value is -1.05. The summed E-state index contributed by atoms with van der Waals surface area (Å²) in [6, 6.07) is 1.73. The van der Waals surface area contributed by atoms with Crippen molar-refractivity contribution in [3.8, 4) is 5.75 Å². The van der Waals surface area contributed by atoms with Crippen LogP contribution < -0.4 is 0 Å². The van der Waals surface area contributed by atoms with Crippen LogP contribution in [0.25, 0.3) is 0 Å². The van der Waals surface area contributed by atoms with Crippen molar-refractivity contribution in [3.05, 3.63) is 24.0 Å². The fourth-order valence-electron chi connectivity index (χ4n) is 0.415. The van der Waals surface area contributed by atoms with Gasteiger partial charge in [-0.1, -0.05) is 0 Å². The van der Waals surface area contributed by atoms with Crippen molar-refractivity contribution in [2.75, 3.05) is 0 Å². The van der Waals surface area contributed by atoms with Gasteiger partial charge in [0, 0.05) is 6.20 Å². The molecule has 0 saturated carbocycles. The fraction of sp³-hybridized carbons (Fsp3) is 0.167. The normalized spacial score (nSPS) is 9.12. The molecule has 0 aromatic carbocycles. The van der Waals surface area contributed by atoms with E-state index in [-0.39, 0.29) is 5.75 Å². The maximum Gasteiger partial charge on any atom is 0.146 e. The third-order valence-corrected chi connectivity index (χ3v) is 0.943. The molecule has 8 heavy (non-hydrogen) atoms. The Morgan fingerprint density at radius 3 is 2.88 bits per heavy atom. The lowest BCUT2D eigenvalue weighted by Gasteiger charge is -1.90. The molecular weight excluding hydrogens is 102 g/mol. The average Bonchev–Trinajstić information content (AvgIpc) is 1.77. The van der Waals surface area contributed by atoms with Crippen molar-refractivity contribution in [1.82, 2.24) is 4.98 Å². The first-order valence-corrected chi connectivity index (χ1v) is 2.33. The van der Waals surface area contributed by atoms with Crippen molar-refractivity contribution in [1.29, 1.82) is 0 Å². The molecule has 0 atom stereocenters. The van der Waals surface area contributed by atoms with Crippen molar-refractivity contribution in [2.45, 2.75) is 6.92 Å². The van der Waals surface area contributed by atoms with Crippen LogP contribution in [0.2, 0.25) is 0 Å². The monoisotopic (exact) mass is 108 g/mol. The minimum absolute atomic E-state index is 0.132. The number of rotatable bonds is 0. The van der Waals surface area contributed by atoms with Crippen LogP contribution in [0.4, 0.5) is 0 Å². The van der Waals surface area contributed by atoms with Gasteiger partial charge in [0.1, 0.15) is 11.9 Å². The molecule has 0 amide bonds. The van der Waals surface area contributed by atoms with E-state index < -0.39 is 0 Å². The van der Waals surface area contributed by atoms with E-state index in [0.29, 0.717) is 0 Å². The molecule has 0 spiro atoms. The van der Waals surface area contributed by atoms with E-state index in [1.807, 2.05) is 0 Å². The minimum Gasteiger partial charge on any atom is -0.505 e. The maximum atomic E-state index is 8.80. The molecule has 0 aliphatic heterocycles. The van der Waals surface area contributed by atoms with Crippen molar-refractivity contribution in [3.63, 3.8) is 0 Å². The highest BCUT2D eigenvalue weighted by Crippen LogP contribution is 2.09. The number of pyridine rings is 1. The summed E-state index contributed by atoms with van der Waals surface area (Å²) < 4.78 is 0. The number of aromatic hydroxyl groups is 1. The standard InChI is InChI=1S/C6H6NO/c1-5-2-3-7-4-6(5)8/h2-3,8H,1H3. The van der Waals surface area contributed by atoms with Gasteiger partial charge >= 0.3 is 0 Å². The number of hydrogen-bond acceptors (Lipinski definition) is 2. The van der Waals surface area contributed by atoms with Crippen LogP contribution in [-0.4, -0.2) is 10.1 Å². The highest BCUT2D eigenvalue weighted by Gasteiger charge is 1.89. The first-order chi connectivity index (χ1) is 3.80. The van der Waals surface area contributed by atoms with Crippen LogP contribution in [0.15, 0.2) is 12.3 Å². The van der Waals surface area contributed by atoms with E-state index in [1.165, 1.54) is 0 Å². The zero-order chi connectivity index (χ0) is 5.98. The van der Waals surface area contributed by atoms with E-state index in [9.17, 15) is 0 Å². The Balaban J connectivity index is 3.13. The van der Waals surface area contributed by atoms with E-state index >= 15 is 0 Å². The van der Waals surface area contributed by atoms with Crippen molar-refractivity contribution in [2.24, 2.45) is 0 Å². The predicted octanol–water partition coefficient (Wildman–Crippen LogP) is 0.896. The molecule has 2 nitrogen and oxygen atoms in total. The Bertz CT molecular complexity index is 165. The van der Waals surface area contributed by atoms with Gasteiger partial charge in [-0.15, -0.1) is 0 Å². The van der Waals surface area contributed by atoms with Crippen LogP contribution in [-0.2, 0) is 0 Å². The average molecular weight is 108 g/mol. The van der Waals surface area contributed by atoms with Gasteiger partial charge in [-0.2, -0.15) is 0 Å². The molecular formula is C6H6NO. The van der Waals surface area contributed by atoms with E-state index in [1.54, 1.807) is 19.2 Å². The highest BCUT2D eigenvalue weighted by molar-refractivity contribution is 5.24. The molecule has 1 heterocycles. The smallest absolute Gasteiger partial charge is 0.146 e. The number of aryl methyl sites for hydroxylation is 1. The van der Waals surface area contributed by atoms with Gasteiger partial charge in [-0.25, -0.2) is 0 Å². The lowest BCUT2D eigenvalue weighted by Crippen LogP contribution is -1.74. The van der Waals surface area contributed by atoms with Gasteiger partial charge in [-0.3, -0.25) is 4.98 Å². The molecule has 0 aliphatic carbocycles. The molecule has 1 aromatic rings. The summed E-state index contributed by atoms with van der Waals surface area (Å²) in [7, 11) is 0. The molecule has 0 unspecified atom stereocenters. The van der Waals surface area contributed by atoms with Gasteiger partial charge in [-0.05, 0) is 18.6 Å². The van der Waals surface area contributed by atoms with E-state index in [0.717, 1.165) is 5.56 Å². The third kappa shape index (κ3) is 0.780. The summed E-state index contributed by atoms with van der Waals surface area (Å²) in [6.07, 6.45) is 4.00. The second kappa shape index (κ2) is 1.82. The molecule has 1 N–H and O–H groups in total. The van der Waals surface area contributed by atoms with Gasteiger partial charge < -0.3 is 5.11 Å². The molecule has 1 rings (SSSR count). The zero-order valence-corrected chi connectivity index (χ0v) is 4.55. The third-order valence-electron chi connectivity index (χ3n) is 0.943. The van der Waals surface area contributed by atoms with Crippen molar-refractivity contribution < 1.29 is 5.11 Å². The summed E-state index contributed by atoms with van der Waals surface area (Å²) in [5, 5.41) is 8.80. The molecule has 41 valence electrons. The number of hydrogen-bond donors (Lipinski definition) is 1. The van der Waals surface area contributed by atoms with Gasteiger partial charge in [0.05, 0.1) is 0 Å². The second-order valence-corrected chi connectivity index (χ2v) is 1.59. The quantitative estimate of drug-likeness (QED) is 0.535. The van der Waals surface area contributed by atoms with Crippen LogP contribution in [0.5, 0.6) is 5.75 Å². The first-order valence-electron chi connectivity index (χ1n) is 2.33. The summed E-state index contributed by atoms with van der Waals surface area (Å²) >= 11 is 0. The molecule has 0 bridgehead atoms. The Kier molecular flexibility index (Phi) is 1.16. The molecule has 1 radical (unpaired) electrons. The molecule has 1 aromatic heterocycles. The van der Waals surface area contributed by atoms with Gasteiger partial charge in [0.2, 0.25) is 0 Å². The van der Waals surface area contributed by atoms with Crippen molar-refractivity contribution >= 4 is 0 Å². The van der Waals surface area contributed by atoms with Crippen LogP contribution in [0.3, 0.4) is 0 Å². The predicted molar refractivity (Wildman–Crippen MR) is 29.5 cm³/mol. The Morgan fingerprint density at radius 2 is 2.50 bits per heavy atom. The van der Waals surface area contributed by atoms with E-state index in [4.69, 9.17) is 5.11 Å². The SMILES string of the molecule is Cc1ccn[c]c1O. The first kappa shape index (κ1) is 5.09. The lowest BCUT2D eigenvalue weighted by atomic mass is 10.3. The summed E-state index contributed by atoms with van der Waals surface area (Å²) in [5.74, 6) is 0.132. The van der Waals surface area contributed by atoms with Crippen LogP contribution in [0.1, 0.15) is 5.56 Å². The minimum atomic E-state index is 0.132. The number of aromatic nitrogens is 1. The van der Waals surface area contributed by atoms with Crippen LogP contribution >= 0.6 is 0 Å². The van der Waals surface area contributed by atoms with Gasteiger partial charge in [0.25, 0.3) is 0 Å². The second-order valence-electron chi connectivity index (χ2n) is 1.59. The fourth-order valence-corrected chi connectivity index (χ4v) is 0.415. The molecule has 2 heteroatoms. The summed E-state index contributed by atoms with van der Waals surface area (Å²) in [5.41, 5.74) is 0.806. The Labute approximate surface area is 47.8 Å². The summed E-state index contributed by atoms with van der Waals surface area (Å²) in [6.45, 7) is 1.80. The van der Waals surface area contributed by atoms with Gasteiger partial charge in [0.15, 0.2) is 0 Å². The largest absolute Gasteiger partial charge is 0.505 e. The summed E-state index contributed by atoms with van der Waals surface area (Å²) in [4.78, 5) is 3.57. The molecule has 0 saturated heterocycles. The molecule has 0 fully saturated rings. The zero-order valence-electron chi connectivity index (χ0n) is 4.55. The Morgan fingerprint density at radius 1 is 1.75 bits per heavy atom.